The van der Waals surface area contributed by atoms with Crippen LogP contribution in [-0.4, -0.2) is 26.2 Å². The summed E-state index contributed by atoms with van der Waals surface area (Å²) in [7, 11) is 1.59. The first-order valence-electron chi connectivity index (χ1n) is 9.88. The molecule has 4 rings (SSSR count). The summed E-state index contributed by atoms with van der Waals surface area (Å²) < 4.78 is 24.4. The lowest BCUT2D eigenvalue weighted by atomic mass is 9.99. The molecular formula is C25H21ClFNO3. The minimum Gasteiger partial charge on any atom is -0.461 e. The number of hydrogen-bond donors (Lipinski definition) is 1. The van der Waals surface area contributed by atoms with Crippen LogP contribution >= 0.6 is 11.6 Å². The Balaban J connectivity index is 1.63. The van der Waals surface area contributed by atoms with Gasteiger partial charge in [-0.1, -0.05) is 41.9 Å². The first-order valence-corrected chi connectivity index (χ1v) is 10.3. The summed E-state index contributed by atoms with van der Waals surface area (Å²) in [5.41, 5.74) is 4.08. The van der Waals surface area contributed by atoms with Crippen LogP contribution in [0.2, 0.25) is 5.02 Å². The summed E-state index contributed by atoms with van der Waals surface area (Å²) in [6, 6.07) is 19.9. The molecule has 0 aliphatic heterocycles. The molecule has 6 heteroatoms. The second kappa shape index (κ2) is 9.33. The maximum Gasteiger partial charge on any atom is 0.251 e. The molecule has 3 aromatic carbocycles. The number of fused-ring (bicyclic) bond motifs is 1. The Morgan fingerprint density at radius 3 is 2.74 bits per heavy atom. The van der Waals surface area contributed by atoms with Crippen LogP contribution in [-0.2, 0) is 11.2 Å². The van der Waals surface area contributed by atoms with Gasteiger partial charge in [0.1, 0.15) is 17.2 Å². The lowest BCUT2D eigenvalue weighted by Crippen LogP contribution is -2.26. The fourth-order valence-electron chi connectivity index (χ4n) is 3.50. The molecular weight excluding hydrogens is 417 g/mol. The molecule has 4 aromatic rings. The maximum atomic E-state index is 13.4. The molecule has 31 heavy (non-hydrogen) atoms. The smallest absolute Gasteiger partial charge is 0.251 e. The van der Waals surface area contributed by atoms with Gasteiger partial charge in [-0.3, -0.25) is 4.79 Å². The van der Waals surface area contributed by atoms with Gasteiger partial charge in [-0.15, -0.1) is 0 Å². The van der Waals surface area contributed by atoms with Gasteiger partial charge in [0, 0.05) is 31.0 Å². The Hall–Kier alpha value is -3.15. The number of hydrogen-bond acceptors (Lipinski definition) is 3. The summed E-state index contributed by atoms with van der Waals surface area (Å²) in [4.78, 5) is 12.4. The lowest BCUT2D eigenvalue weighted by molar-refractivity contribution is 0.0937. The molecule has 0 unspecified atom stereocenters. The molecule has 0 saturated heterocycles. The van der Waals surface area contributed by atoms with Gasteiger partial charge in [0.25, 0.3) is 5.91 Å². The molecule has 4 nitrogen and oxygen atoms in total. The number of ether oxygens (including phenoxy) is 1. The molecule has 0 atom stereocenters. The summed E-state index contributed by atoms with van der Waals surface area (Å²) >= 11 is 5.90. The van der Waals surface area contributed by atoms with Crippen molar-refractivity contribution in [2.45, 2.75) is 6.42 Å². The average Bonchev–Trinajstić information content (AvgIpc) is 3.19. The molecule has 158 valence electrons. The summed E-state index contributed by atoms with van der Waals surface area (Å²) in [6.07, 6.45) is 0.496. The van der Waals surface area contributed by atoms with Crippen LogP contribution in [0.4, 0.5) is 4.39 Å². The van der Waals surface area contributed by atoms with E-state index in [2.05, 4.69) is 5.32 Å². The van der Waals surface area contributed by atoms with Crippen LogP contribution in [0, 0.1) is 5.82 Å². The van der Waals surface area contributed by atoms with E-state index in [0.717, 1.165) is 33.4 Å². The third-order valence-electron chi connectivity index (χ3n) is 5.00. The van der Waals surface area contributed by atoms with E-state index in [1.165, 1.54) is 6.07 Å². The monoisotopic (exact) mass is 437 g/mol. The van der Waals surface area contributed by atoms with Crippen molar-refractivity contribution in [2.24, 2.45) is 0 Å². The molecule has 0 bridgehead atoms. The van der Waals surface area contributed by atoms with Crippen molar-refractivity contribution in [1.82, 2.24) is 5.32 Å². The topological polar surface area (TPSA) is 51.5 Å². The molecule has 0 saturated carbocycles. The number of methoxy groups -OCH3 is 1. The van der Waals surface area contributed by atoms with E-state index < -0.39 is 5.82 Å². The van der Waals surface area contributed by atoms with E-state index in [-0.39, 0.29) is 10.9 Å². The van der Waals surface area contributed by atoms with Crippen molar-refractivity contribution < 1.29 is 18.3 Å². The quantitative estimate of drug-likeness (QED) is 0.368. The first kappa shape index (κ1) is 21.1. The predicted molar refractivity (Wildman–Crippen MR) is 120 cm³/mol. The van der Waals surface area contributed by atoms with Crippen molar-refractivity contribution in [3.8, 4) is 11.1 Å². The number of halogens is 2. The van der Waals surface area contributed by atoms with Gasteiger partial charge in [-0.25, -0.2) is 4.39 Å². The highest BCUT2D eigenvalue weighted by Crippen LogP contribution is 2.32. The fraction of sp³-hybridized carbons (Fsp3) is 0.160. The molecule has 1 heterocycles. The number of furan rings is 1. The Morgan fingerprint density at radius 1 is 1.10 bits per heavy atom. The lowest BCUT2D eigenvalue weighted by Gasteiger charge is -2.07. The van der Waals surface area contributed by atoms with E-state index in [1.54, 1.807) is 25.3 Å². The Labute approximate surface area is 184 Å². The SMILES string of the molecule is COCCNC(=O)c1cccc(-c2cccc3oc(Cc4ccc(F)c(Cl)c4)cc23)c1. The van der Waals surface area contributed by atoms with Gasteiger partial charge >= 0.3 is 0 Å². The highest BCUT2D eigenvalue weighted by molar-refractivity contribution is 6.30. The minimum atomic E-state index is -0.441. The number of nitrogens with one attached hydrogen (secondary N) is 1. The van der Waals surface area contributed by atoms with Crippen LogP contribution in [0.15, 0.2) is 71.1 Å². The van der Waals surface area contributed by atoms with E-state index in [4.69, 9.17) is 20.8 Å². The maximum absolute atomic E-state index is 13.4. The van der Waals surface area contributed by atoms with Gasteiger partial charge in [-0.2, -0.15) is 0 Å². The van der Waals surface area contributed by atoms with Gasteiger partial charge < -0.3 is 14.5 Å². The van der Waals surface area contributed by atoms with E-state index >= 15 is 0 Å². The normalized spacial score (nSPS) is 11.1. The standard InChI is InChI=1S/C25H21ClFNO3/c1-30-11-10-28-25(29)18-5-2-4-17(14-18)20-6-3-7-24-21(20)15-19(31-24)12-16-8-9-23(27)22(26)13-16/h2-9,13-15H,10-12H2,1H3,(H,28,29). The van der Waals surface area contributed by atoms with Gasteiger partial charge in [-0.05, 0) is 53.1 Å². The number of amides is 1. The second-order valence-electron chi connectivity index (χ2n) is 7.18. The Morgan fingerprint density at radius 2 is 1.94 bits per heavy atom. The Kier molecular flexibility index (Phi) is 6.35. The third kappa shape index (κ3) is 4.79. The van der Waals surface area contributed by atoms with E-state index in [9.17, 15) is 9.18 Å². The zero-order valence-corrected chi connectivity index (χ0v) is 17.7. The number of rotatable bonds is 7. The summed E-state index contributed by atoms with van der Waals surface area (Å²) in [5, 5.41) is 3.88. The Bertz CT molecular complexity index is 1230. The van der Waals surface area contributed by atoms with Gasteiger partial charge in [0.15, 0.2) is 0 Å². The summed E-state index contributed by atoms with van der Waals surface area (Å²) in [5.74, 6) is 0.161. The van der Waals surface area contributed by atoms with E-state index in [1.807, 2.05) is 42.5 Å². The number of carbonyl (C=O) groups is 1. The zero-order chi connectivity index (χ0) is 21.8. The highest BCUT2D eigenvalue weighted by Gasteiger charge is 2.13. The largest absolute Gasteiger partial charge is 0.461 e. The van der Waals surface area contributed by atoms with Crippen LogP contribution in [0.5, 0.6) is 0 Å². The minimum absolute atomic E-state index is 0.0925. The van der Waals surface area contributed by atoms with Crippen molar-refractivity contribution in [2.75, 3.05) is 20.3 Å². The van der Waals surface area contributed by atoms with Crippen LogP contribution < -0.4 is 5.32 Å². The van der Waals surface area contributed by atoms with Crippen molar-refractivity contribution in [3.63, 3.8) is 0 Å². The van der Waals surface area contributed by atoms with Crippen LogP contribution in [0.1, 0.15) is 21.7 Å². The van der Waals surface area contributed by atoms with Gasteiger partial charge in [0.2, 0.25) is 0 Å². The molecule has 0 radical (unpaired) electrons. The zero-order valence-electron chi connectivity index (χ0n) is 17.0. The molecule has 1 aromatic heterocycles. The second-order valence-corrected chi connectivity index (χ2v) is 7.59. The molecule has 0 aliphatic carbocycles. The fourth-order valence-corrected chi connectivity index (χ4v) is 3.70. The molecule has 1 N–H and O–H groups in total. The first-order chi connectivity index (χ1) is 15.0. The summed E-state index contributed by atoms with van der Waals surface area (Å²) in [6.45, 7) is 0.912. The highest BCUT2D eigenvalue weighted by atomic mass is 35.5. The van der Waals surface area contributed by atoms with E-state index in [0.29, 0.717) is 25.1 Å². The number of carbonyl (C=O) groups excluding carboxylic acids is 1. The molecule has 1 amide bonds. The third-order valence-corrected chi connectivity index (χ3v) is 5.29. The average molecular weight is 438 g/mol. The van der Waals surface area contributed by atoms with Crippen molar-refractivity contribution >= 4 is 28.5 Å². The predicted octanol–water partition coefficient (Wildman–Crippen LogP) is 5.86. The molecule has 0 spiro atoms. The van der Waals surface area contributed by atoms with Crippen LogP contribution in [0.3, 0.4) is 0 Å². The van der Waals surface area contributed by atoms with Crippen LogP contribution in [0.25, 0.3) is 22.1 Å². The molecule has 0 aliphatic rings. The van der Waals surface area contributed by atoms with Crippen molar-refractivity contribution in [3.05, 3.63) is 94.5 Å². The molecule has 0 fully saturated rings. The van der Waals surface area contributed by atoms with Crippen molar-refractivity contribution in [1.29, 1.82) is 0 Å². The number of benzene rings is 3. The van der Waals surface area contributed by atoms with Gasteiger partial charge in [0.05, 0.1) is 11.6 Å².